The van der Waals surface area contributed by atoms with Gasteiger partial charge in [-0.2, -0.15) is 28.2 Å². The molecule has 0 bridgehead atoms. The number of halogens is 4. The summed E-state index contributed by atoms with van der Waals surface area (Å²) >= 11 is 0. The third-order valence-corrected chi connectivity index (χ3v) is 12.0. The quantitative estimate of drug-likeness (QED) is 0.153. The van der Waals surface area contributed by atoms with Crippen molar-refractivity contribution in [3.8, 4) is 22.9 Å². The number of alkyl halides is 3. The van der Waals surface area contributed by atoms with E-state index in [1.54, 1.807) is 6.20 Å². The zero-order valence-electron chi connectivity index (χ0n) is 30.2. The number of rotatable bonds is 9. The van der Waals surface area contributed by atoms with Gasteiger partial charge in [0, 0.05) is 61.0 Å². The minimum absolute atomic E-state index is 0.0601. The Hall–Kier alpha value is -4.50. The Labute approximate surface area is 309 Å². The number of fused-ring (bicyclic) bond motifs is 2. The van der Waals surface area contributed by atoms with Crippen LogP contribution < -0.4 is 14.4 Å². The number of benzene rings is 2. The molecule has 4 saturated heterocycles. The van der Waals surface area contributed by atoms with Crippen LogP contribution >= 0.6 is 0 Å². The normalized spacial score (nSPS) is 21.1. The van der Waals surface area contributed by atoms with Crippen LogP contribution in [0.3, 0.4) is 0 Å². The topological polar surface area (TPSA) is 109 Å². The number of nitrogens with one attached hydrogen (secondary N) is 1. The number of ether oxygens (including phenoxy) is 3. The number of aromatic amines is 1. The van der Waals surface area contributed by atoms with E-state index in [-0.39, 0.29) is 34.7 Å². The fourth-order valence-electron chi connectivity index (χ4n) is 8.77. The highest BCUT2D eigenvalue weighted by Gasteiger charge is 2.48. The summed E-state index contributed by atoms with van der Waals surface area (Å²) < 4.78 is 73.7. The van der Waals surface area contributed by atoms with Gasteiger partial charge in [0.2, 0.25) is 0 Å². The van der Waals surface area contributed by atoms with Gasteiger partial charge in [-0.05, 0) is 80.2 Å². The second-order valence-electron chi connectivity index (χ2n) is 15.8. The lowest BCUT2D eigenvalue weighted by atomic mass is 9.72. The van der Waals surface area contributed by atoms with Crippen LogP contribution in [0.15, 0.2) is 36.8 Å². The first-order chi connectivity index (χ1) is 26.0. The molecule has 2 aromatic carbocycles. The van der Waals surface area contributed by atoms with Gasteiger partial charge in [0.1, 0.15) is 17.4 Å². The Kier molecular flexibility index (Phi) is 8.71. The third kappa shape index (κ3) is 6.52. The summed E-state index contributed by atoms with van der Waals surface area (Å²) in [6.07, 6.45) is 1.69. The number of hydrogen-bond acceptors (Lipinski definition) is 9. The summed E-state index contributed by atoms with van der Waals surface area (Å²) in [5.41, 5.74) is 4.02. The molecule has 11 nitrogen and oxygen atoms in total. The van der Waals surface area contributed by atoms with Crippen molar-refractivity contribution in [2.24, 2.45) is 5.41 Å². The molecule has 1 saturated carbocycles. The minimum Gasteiger partial charge on any atom is -0.481 e. The molecule has 9 rings (SSSR count). The average Bonchev–Trinajstić information content (AvgIpc) is 3.85. The van der Waals surface area contributed by atoms with Crippen LogP contribution in [-0.2, 0) is 9.53 Å². The molecule has 4 aliphatic heterocycles. The van der Waals surface area contributed by atoms with E-state index < -0.39 is 24.5 Å². The van der Waals surface area contributed by atoms with E-state index in [1.807, 2.05) is 19.1 Å². The molecule has 4 aromatic rings. The number of H-pyrrole nitrogens is 1. The van der Waals surface area contributed by atoms with E-state index in [0.29, 0.717) is 49.0 Å². The van der Waals surface area contributed by atoms with Gasteiger partial charge < -0.3 is 24.0 Å². The SMILES string of the molecule is C=C(F)C(=O)N1CC2(CCN(c3nc(OC4CCN(C5COC5)CC4)nc4c(OCC(F)(F)F)c(-c5c(C)ccc6[nH]ncc56)c(C5CC5)cc34)CC2)C1. The number of piperidine rings is 2. The molecule has 1 spiro atoms. The molecular weight excluding hydrogens is 706 g/mol. The molecule has 286 valence electrons. The highest BCUT2D eigenvalue weighted by Crippen LogP contribution is 2.53. The van der Waals surface area contributed by atoms with Crippen molar-refractivity contribution < 1.29 is 36.6 Å². The molecule has 0 atom stereocenters. The van der Waals surface area contributed by atoms with Crippen molar-refractivity contribution in [1.82, 2.24) is 30.0 Å². The van der Waals surface area contributed by atoms with Crippen LogP contribution in [0, 0.1) is 12.3 Å². The van der Waals surface area contributed by atoms with Crippen LogP contribution in [0.5, 0.6) is 11.8 Å². The van der Waals surface area contributed by atoms with E-state index in [4.69, 9.17) is 24.2 Å². The van der Waals surface area contributed by atoms with Crippen molar-refractivity contribution in [3.05, 3.63) is 47.9 Å². The molecule has 1 N–H and O–H groups in total. The van der Waals surface area contributed by atoms with Crippen LogP contribution in [-0.4, -0.2) is 113 Å². The van der Waals surface area contributed by atoms with Gasteiger partial charge in [0.05, 0.1) is 31.0 Å². The first-order valence-electron chi connectivity index (χ1n) is 18.8. The highest BCUT2D eigenvalue weighted by molar-refractivity contribution is 6.06. The molecule has 1 aliphatic carbocycles. The molecule has 2 aromatic heterocycles. The lowest BCUT2D eigenvalue weighted by Gasteiger charge is -2.54. The maximum Gasteiger partial charge on any atom is 0.422 e. The molecule has 6 heterocycles. The Morgan fingerprint density at radius 3 is 2.43 bits per heavy atom. The Bertz CT molecular complexity index is 2110. The van der Waals surface area contributed by atoms with Gasteiger partial charge in [0.15, 0.2) is 18.2 Å². The molecule has 15 heteroatoms. The number of anilines is 1. The van der Waals surface area contributed by atoms with Gasteiger partial charge in [-0.15, -0.1) is 0 Å². The molecule has 5 aliphatic rings. The zero-order valence-corrected chi connectivity index (χ0v) is 30.2. The molecule has 5 fully saturated rings. The van der Waals surface area contributed by atoms with E-state index in [0.717, 1.165) is 92.4 Å². The second kappa shape index (κ2) is 13.4. The van der Waals surface area contributed by atoms with Crippen molar-refractivity contribution in [2.75, 3.05) is 64.0 Å². The number of aromatic nitrogens is 4. The Morgan fingerprint density at radius 1 is 1.04 bits per heavy atom. The van der Waals surface area contributed by atoms with Crippen LogP contribution in [0.25, 0.3) is 32.9 Å². The molecule has 1 amide bonds. The summed E-state index contributed by atoms with van der Waals surface area (Å²) in [6, 6.07) is 6.43. The monoisotopic (exact) mass is 749 g/mol. The van der Waals surface area contributed by atoms with Crippen LogP contribution in [0.2, 0.25) is 0 Å². The van der Waals surface area contributed by atoms with Crippen molar-refractivity contribution in [1.29, 1.82) is 0 Å². The Morgan fingerprint density at radius 2 is 1.78 bits per heavy atom. The van der Waals surface area contributed by atoms with Crippen molar-refractivity contribution >= 4 is 33.5 Å². The number of carbonyl (C=O) groups excluding carboxylic acids is 1. The minimum atomic E-state index is -4.60. The van der Waals surface area contributed by atoms with E-state index in [2.05, 4.69) is 32.6 Å². The predicted octanol–water partition coefficient (Wildman–Crippen LogP) is 6.45. The number of aryl methyl sites for hydroxylation is 1. The first kappa shape index (κ1) is 35.2. The largest absolute Gasteiger partial charge is 0.481 e. The van der Waals surface area contributed by atoms with Gasteiger partial charge in [-0.25, -0.2) is 4.39 Å². The number of carbonyl (C=O) groups is 1. The number of amides is 1. The summed E-state index contributed by atoms with van der Waals surface area (Å²) in [5.74, 6) is -0.859. The zero-order chi connectivity index (χ0) is 37.4. The molecule has 0 radical (unpaired) electrons. The fourth-order valence-corrected chi connectivity index (χ4v) is 8.77. The third-order valence-electron chi connectivity index (χ3n) is 12.0. The maximum absolute atomic E-state index is 14.1. The summed E-state index contributed by atoms with van der Waals surface area (Å²) in [6.45, 7) is 8.84. The van der Waals surface area contributed by atoms with Gasteiger partial charge in [-0.1, -0.05) is 12.6 Å². The number of likely N-dealkylation sites (tertiary alicyclic amines) is 2. The van der Waals surface area contributed by atoms with Crippen molar-refractivity contribution in [2.45, 2.75) is 69.7 Å². The lowest BCUT2D eigenvalue weighted by molar-refractivity contribution is -0.153. The maximum atomic E-state index is 14.1. The smallest absolute Gasteiger partial charge is 0.422 e. The van der Waals surface area contributed by atoms with Crippen molar-refractivity contribution in [3.63, 3.8) is 0 Å². The first-order valence-corrected chi connectivity index (χ1v) is 18.8. The predicted molar refractivity (Wildman–Crippen MR) is 193 cm³/mol. The van der Waals surface area contributed by atoms with E-state index >= 15 is 0 Å². The van der Waals surface area contributed by atoms with Gasteiger partial charge >= 0.3 is 12.2 Å². The van der Waals surface area contributed by atoms with E-state index in [9.17, 15) is 22.4 Å². The molecule has 0 unspecified atom stereocenters. The highest BCUT2D eigenvalue weighted by atomic mass is 19.4. The summed E-state index contributed by atoms with van der Waals surface area (Å²) in [7, 11) is 0. The summed E-state index contributed by atoms with van der Waals surface area (Å²) in [4.78, 5) is 28.2. The number of nitrogens with zero attached hydrogens (tertiary/aromatic N) is 6. The van der Waals surface area contributed by atoms with Crippen LogP contribution in [0.1, 0.15) is 55.6 Å². The average molecular weight is 750 g/mol. The molecule has 54 heavy (non-hydrogen) atoms. The standard InChI is InChI=1S/C39H43F4N7O4/c1-22-3-6-30-29(16-44-47-30)31(22)32-27(24-4-5-24)15-28-33(34(32)53-21-39(41,42)43)45-37(54-26-7-11-48(12-8-26)25-17-52-18-25)46-35(28)49-13-9-38(10-14-49)19-50(20-38)36(51)23(2)40/h3,6,15-16,24-26H,2,4-5,7-14,17-21H2,1H3,(H,44,47). The second-order valence-corrected chi connectivity index (χ2v) is 15.8. The van der Waals surface area contributed by atoms with Crippen LogP contribution in [0.4, 0.5) is 23.4 Å². The Balaban J connectivity index is 1.15. The van der Waals surface area contributed by atoms with Gasteiger partial charge in [-0.3, -0.25) is 14.8 Å². The molecular formula is C39H43F4N7O4. The van der Waals surface area contributed by atoms with Gasteiger partial charge in [0.25, 0.3) is 5.91 Å². The number of hydrogen-bond donors (Lipinski definition) is 1. The lowest BCUT2D eigenvalue weighted by Crippen LogP contribution is -2.62. The van der Waals surface area contributed by atoms with E-state index in [1.165, 1.54) is 4.90 Å². The summed E-state index contributed by atoms with van der Waals surface area (Å²) in [5, 5.41) is 8.67. The fraction of sp³-hybridized carbons (Fsp3) is 0.538.